The van der Waals surface area contributed by atoms with Crippen molar-refractivity contribution >= 4 is 12.0 Å². The van der Waals surface area contributed by atoms with Crippen LogP contribution in [0.25, 0.3) is 0 Å². The number of aliphatic hydroxyl groups is 1. The maximum atomic E-state index is 10.7. The molecule has 3 nitrogen and oxygen atoms in total. The summed E-state index contributed by atoms with van der Waals surface area (Å²) in [7, 11) is 0. The SMILES string of the molecule is CC(=O)C=N[C@@H](C)[C@H](O)c1ccccc1. The van der Waals surface area contributed by atoms with Crippen molar-refractivity contribution in [2.24, 2.45) is 4.99 Å². The van der Waals surface area contributed by atoms with E-state index in [-0.39, 0.29) is 11.8 Å². The number of benzene rings is 1. The zero-order valence-corrected chi connectivity index (χ0v) is 8.92. The number of nitrogens with zero attached hydrogens (tertiary/aromatic N) is 1. The minimum atomic E-state index is -0.665. The van der Waals surface area contributed by atoms with Crippen molar-refractivity contribution in [1.82, 2.24) is 0 Å². The van der Waals surface area contributed by atoms with E-state index in [9.17, 15) is 9.90 Å². The molecule has 0 spiro atoms. The largest absolute Gasteiger partial charge is 0.386 e. The average Bonchev–Trinajstić information content (AvgIpc) is 2.26. The lowest BCUT2D eigenvalue weighted by Crippen LogP contribution is -2.13. The molecule has 80 valence electrons. The Hall–Kier alpha value is -1.48. The number of rotatable bonds is 4. The van der Waals surface area contributed by atoms with E-state index in [2.05, 4.69) is 4.99 Å². The lowest BCUT2D eigenvalue weighted by molar-refractivity contribution is -0.110. The topological polar surface area (TPSA) is 49.7 Å². The van der Waals surface area contributed by atoms with Crippen molar-refractivity contribution in [2.45, 2.75) is 26.0 Å². The van der Waals surface area contributed by atoms with Gasteiger partial charge in [-0.25, -0.2) is 0 Å². The Morgan fingerprint density at radius 3 is 2.53 bits per heavy atom. The first-order chi connectivity index (χ1) is 7.11. The molecule has 0 unspecified atom stereocenters. The van der Waals surface area contributed by atoms with E-state index in [1.165, 1.54) is 13.1 Å². The molecule has 0 saturated carbocycles. The van der Waals surface area contributed by atoms with Crippen LogP contribution < -0.4 is 0 Å². The van der Waals surface area contributed by atoms with Gasteiger partial charge in [-0.1, -0.05) is 30.3 Å². The van der Waals surface area contributed by atoms with Crippen LogP contribution in [0.4, 0.5) is 0 Å². The van der Waals surface area contributed by atoms with Gasteiger partial charge in [-0.2, -0.15) is 0 Å². The van der Waals surface area contributed by atoms with Crippen LogP contribution >= 0.6 is 0 Å². The molecule has 1 N–H and O–H groups in total. The fraction of sp³-hybridized carbons (Fsp3) is 0.333. The summed E-state index contributed by atoms with van der Waals surface area (Å²) in [4.78, 5) is 14.7. The Morgan fingerprint density at radius 2 is 2.00 bits per heavy atom. The molecule has 0 aliphatic heterocycles. The van der Waals surface area contributed by atoms with Crippen LogP contribution in [0.1, 0.15) is 25.5 Å². The standard InChI is InChI=1S/C12H15NO2/c1-9(14)8-13-10(2)12(15)11-6-4-3-5-7-11/h3-8,10,12,15H,1-2H3/t10-,12-/m0/s1. The van der Waals surface area contributed by atoms with Crippen molar-refractivity contribution in [1.29, 1.82) is 0 Å². The van der Waals surface area contributed by atoms with E-state index in [0.29, 0.717) is 0 Å². The van der Waals surface area contributed by atoms with Crippen LogP contribution in [0.2, 0.25) is 0 Å². The second kappa shape index (κ2) is 5.41. The van der Waals surface area contributed by atoms with E-state index >= 15 is 0 Å². The number of aliphatic hydroxyl groups excluding tert-OH is 1. The van der Waals surface area contributed by atoms with Crippen LogP contribution in [0, 0.1) is 0 Å². The Balaban J connectivity index is 2.69. The summed E-state index contributed by atoms with van der Waals surface area (Å²) in [6, 6.07) is 8.98. The molecule has 2 atom stereocenters. The molecule has 0 fully saturated rings. The summed E-state index contributed by atoms with van der Waals surface area (Å²) < 4.78 is 0. The third-order valence-corrected chi connectivity index (χ3v) is 2.09. The van der Waals surface area contributed by atoms with Crippen molar-refractivity contribution < 1.29 is 9.90 Å². The van der Waals surface area contributed by atoms with Gasteiger partial charge in [0, 0.05) is 6.92 Å². The molecular weight excluding hydrogens is 190 g/mol. The van der Waals surface area contributed by atoms with Crippen molar-refractivity contribution in [3.63, 3.8) is 0 Å². The second-order valence-electron chi connectivity index (χ2n) is 3.48. The maximum Gasteiger partial charge on any atom is 0.170 e. The van der Waals surface area contributed by atoms with Crippen molar-refractivity contribution in [3.8, 4) is 0 Å². The van der Waals surface area contributed by atoms with Gasteiger partial charge < -0.3 is 5.11 Å². The van der Waals surface area contributed by atoms with Crippen LogP contribution in [-0.4, -0.2) is 23.1 Å². The quantitative estimate of drug-likeness (QED) is 0.761. The lowest BCUT2D eigenvalue weighted by atomic mass is 10.0. The summed E-state index contributed by atoms with van der Waals surface area (Å²) in [5, 5.41) is 9.88. The van der Waals surface area contributed by atoms with E-state index in [1.54, 1.807) is 6.92 Å². The molecular formula is C12H15NO2. The highest BCUT2D eigenvalue weighted by molar-refractivity contribution is 6.26. The molecule has 0 radical (unpaired) electrons. The van der Waals surface area contributed by atoms with Gasteiger partial charge in [-0.15, -0.1) is 0 Å². The predicted octanol–water partition coefficient (Wildman–Crippen LogP) is 1.77. The number of aliphatic imine (C=N–C) groups is 1. The van der Waals surface area contributed by atoms with Gasteiger partial charge in [0.15, 0.2) is 5.78 Å². The smallest absolute Gasteiger partial charge is 0.170 e. The molecule has 1 aromatic carbocycles. The van der Waals surface area contributed by atoms with Gasteiger partial charge in [0.25, 0.3) is 0 Å². The molecule has 0 heterocycles. The van der Waals surface area contributed by atoms with E-state index < -0.39 is 6.10 Å². The van der Waals surface area contributed by atoms with Crippen LogP contribution in [0.15, 0.2) is 35.3 Å². The molecule has 0 aliphatic carbocycles. The van der Waals surface area contributed by atoms with Gasteiger partial charge in [0.2, 0.25) is 0 Å². The lowest BCUT2D eigenvalue weighted by Gasteiger charge is -2.14. The first kappa shape index (κ1) is 11.6. The number of hydrogen-bond acceptors (Lipinski definition) is 3. The number of carbonyl (C=O) groups excluding carboxylic acids is 1. The Labute approximate surface area is 89.5 Å². The van der Waals surface area contributed by atoms with E-state index in [1.807, 2.05) is 30.3 Å². The maximum absolute atomic E-state index is 10.7. The monoisotopic (exact) mass is 205 g/mol. The highest BCUT2D eigenvalue weighted by atomic mass is 16.3. The highest BCUT2D eigenvalue weighted by Crippen LogP contribution is 2.17. The van der Waals surface area contributed by atoms with E-state index in [4.69, 9.17) is 0 Å². The van der Waals surface area contributed by atoms with Gasteiger partial charge in [-0.05, 0) is 12.5 Å². The Kier molecular flexibility index (Phi) is 4.18. The van der Waals surface area contributed by atoms with Crippen LogP contribution in [-0.2, 0) is 4.79 Å². The minimum Gasteiger partial charge on any atom is -0.386 e. The average molecular weight is 205 g/mol. The third-order valence-electron chi connectivity index (χ3n) is 2.09. The molecule has 1 rings (SSSR count). The number of Topliss-reactive ketones (excluding diaryl/α,β-unsaturated/α-hetero) is 1. The first-order valence-corrected chi connectivity index (χ1v) is 4.88. The molecule has 15 heavy (non-hydrogen) atoms. The summed E-state index contributed by atoms with van der Waals surface area (Å²) in [6.07, 6.45) is 0.582. The minimum absolute atomic E-state index is 0.109. The first-order valence-electron chi connectivity index (χ1n) is 4.88. The zero-order chi connectivity index (χ0) is 11.3. The van der Waals surface area contributed by atoms with Crippen molar-refractivity contribution in [3.05, 3.63) is 35.9 Å². The summed E-state index contributed by atoms with van der Waals surface area (Å²) in [5.74, 6) is -0.109. The summed E-state index contributed by atoms with van der Waals surface area (Å²) >= 11 is 0. The predicted molar refractivity (Wildman–Crippen MR) is 60.0 cm³/mol. The molecule has 1 aromatic rings. The molecule has 3 heteroatoms. The molecule has 0 aliphatic rings. The fourth-order valence-corrected chi connectivity index (χ4v) is 1.23. The highest BCUT2D eigenvalue weighted by Gasteiger charge is 2.14. The molecule has 0 saturated heterocycles. The third kappa shape index (κ3) is 3.64. The summed E-state index contributed by atoms with van der Waals surface area (Å²) in [5.41, 5.74) is 0.811. The molecule has 0 bridgehead atoms. The second-order valence-corrected chi connectivity index (χ2v) is 3.48. The Morgan fingerprint density at radius 1 is 1.40 bits per heavy atom. The van der Waals surface area contributed by atoms with Gasteiger partial charge in [-0.3, -0.25) is 9.79 Å². The van der Waals surface area contributed by atoms with E-state index in [0.717, 1.165) is 5.56 Å². The van der Waals surface area contributed by atoms with Crippen LogP contribution in [0.3, 0.4) is 0 Å². The number of hydrogen-bond donors (Lipinski definition) is 1. The van der Waals surface area contributed by atoms with Gasteiger partial charge in [0.1, 0.15) is 6.10 Å². The number of ketones is 1. The van der Waals surface area contributed by atoms with Gasteiger partial charge in [0.05, 0.1) is 12.3 Å². The summed E-state index contributed by atoms with van der Waals surface area (Å²) in [6.45, 7) is 3.21. The Bertz CT molecular complexity index is 346. The fourth-order valence-electron chi connectivity index (χ4n) is 1.23. The molecule has 0 amide bonds. The van der Waals surface area contributed by atoms with Gasteiger partial charge >= 0.3 is 0 Å². The normalized spacial score (nSPS) is 15.1. The zero-order valence-electron chi connectivity index (χ0n) is 8.92. The van der Waals surface area contributed by atoms with Crippen LogP contribution in [0.5, 0.6) is 0 Å². The number of carbonyl (C=O) groups is 1. The van der Waals surface area contributed by atoms with Crippen molar-refractivity contribution in [2.75, 3.05) is 0 Å². The molecule has 0 aromatic heterocycles.